The van der Waals surface area contributed by atoms with Crippen LogP contribution in [0.25, 0.3) is 5.57 Å². The van der Waals surface area contributed by atoms with Gasteiger partial charge in [-0.1, -0.05) is 6.08 Å². The Labute approximate surface area is 189 Å². The number of halogens is 3. The number of aromatic amines is 1. The summed E-state index contributed by atoms with van der Waals surface area (Å²) in [5, 5.41) is 16.3. The van der Waals surface area contributed by atoms with Crippen molar-refractivity contribution in [2.75, 3.05) is 50.8 Å². The highest BCUT2D eigenvalue weighted by Crippen LogP contribution is 2.30. The number of aliphatic hydroxyl groups excluding tert-OH is 1. The summed E-state index contributed by atoms with van der Waals surface area (Å²) in [7, 11) is 0. The van der Waals surface area contributed by atoms with Gasteiger partial charge in [-0.25, -0.2) is 4.98 Å². The SMILES string of the molecule is O=C(CCO)N1CC=C(c2[nH]ncc2CN2CCN(c3ccc(C(F)(F)F)cn3)CC2)CC1. The molecule has 1 amide bonds. The molecule has 2 aliphatic rings. The van der Waals surface area contributed by atoms with Gasteiger partial charge in [0.05, 0.1) is 24.1 Å². The molecule has 0 saturated carbocycles. The van der Waals surface area contributed by atoms with Crippen molar-refractivity contribution in [1.29, 1.82) is 0 Å². The van der Waals surface area contributed by atoms with Gasteiger partial charge in [0.15, 0.2) is 0 Å². The molecule has 2 aliphatic heterocycles. The summed E-state index contributed by atoms with van der Waals surface area (Å²) in [4.78, 5) is 22.0. The van der Waals surface area contributed by atoms with Gasteiger partial charge in [-0.05, 0) is 24.1 Å². The van der Waals surface area contributed by atoms with Crippen LogP contribution in [0.4, 0.5) is 19.0 Å². The molecule has 0 aromatic carbocycles. The van der Waals surface area contributed by atoms with E-state index in [0.717, 1.165) is 48.6 Å². The Bertz CT molecular complexity index is 981. The summed E-state index contributed by atoms with van der Waals surface area (Å²) in [6.07, 6.45) is 1.23. The first-order valence-corrected chi connectivity index (χ1v) is 11.0. The van der Waals surface area contributed by atoms with Gasteiger partial charge in [0.2, 0.25) is 5.91 Å². The number of pyridine rings is 1. The van der Waals surface area contributed by atoms with Crippen LogP contribution in [-0.2, 0) is 17.5 Å². The molecule has 0 radical (unpaired) electrons. The second kappa shape index (κ2) is 9.92. The standard InChI is InChI=1S/C22H27F3N6O2/c23-22(24,25)18-1-2-19(26-14-18)30-10-8-29(9-11-30)15-17-13-27-28-21(17)16-3-6-31(7-4-16)20(33)5-12-32/h1-3,13-14,32H,4-12,15H2,(H,27,28). The molecule has 11 heteroatoms. The van der Waals surface area contributed by atoms with Gasteiger partial charge in [0, 0.05) is 64.0 Å². The summed E-state index contributed by atoms with van der Waals surface area (Å²) in [5.74, 6) is 0.511. The topological polar surface area (TPSA) is 88.6 Å². The van der Waals surface area contributed by atoms with Crippen molar-refractivity contribution in [2.24, 2.45) is 0 Å². The van der Waals surface area contributed by atoms with Crippen LogP contribution < -0.4 is 4.90 Å². The highest BCUT2D eigenvalue weighted by Gasteiger charge is 2.31. The molecule has 2 aromatic heterocycles. The van der Waals surface area contributed by atoms with Crippen LogP contribution >= 0.6 is 0 Å². The highest BCUT2D eigenvalue weighted by atomic mass is 19.4. The number of alkyl halides is 3. The molecule has 0 atom stereocenters. The third-order valence-electron chi connectivity index (χ3n) is 6.09. The maximum Gasteiger partial charge on any atom is 0.417 e. The molecule has 1 saturated heterocycles. The lowest BCUT2D eigenvalue weighted by atomic mass is 10.0. The molecule has 0 spiro atoms. The van der Waals surface area contributed by atoms with Crippen molar-refractivity contribution < 1.29 is 23.1 Å². The van der Waals surface area contributed by atoms with E-state index in [2.05, 4.69) is 20.1 Å². The first-order valence-electron chi connectivity index (χ1n) is 11.0. The zero-order chi connectivity index (χ0) is 23.4. The lowest BCUT2D eigenvalue weighted by molar-refractivity contribution is -0.137. The second-order valence-electron chi connectivity index (χ2n) is 8.23. The lowest BCUT2D eigenvalue weighted by Gasteiger charge is -2.35. The molecule has 2 aromatic rings. The Hall–Kier alpha value is -2.92. The van der Waals surface area contributed by atoms with E-state index in [9.17, 15) is 18.0 Å². The molecule has 8 nitrogen and oxygen atoms in total. The zero-order valence-electron chi connectivity index (χ0n) is 18.2. The fourth-order valence-corrected chi connectivity index (χ4v) is 4.20. The minimum absolute atomic E-state index is 0.0435. The average Bonchev–Trinajstić information content (AvgIpc) is 3.27. The maximum absolute atomic E-state index is 12.7. The number of aromatic nitrogens is 3. The second-order valence-corrected chi connectivity index (χ2v) is 8.23. The predicted octanol–water partition coefficient (Wildman–Crippen LogP) is 2.14. The third kappa shape index (κ3) is 5.53. The first-order chi connectivity index (χ1) is 15.8. The molecule has 4 heterocycles. The molecule has 33 heavy (non-hydrogen) atoms. The minimum atomic E-state index is -4.38. The van der Waals surface area contributed by atoms with Gasteiger partial charge in [0.1, 0.15) is 5.82 Å². The molecular formula is C22H27F3N6O2. The number of carbonyl (C=O) groups is 1. The summed E-state index contributed by atoms with van der Waals surface area (Å²) >= 11 is 0. The van der Waals surface area contributed by atoms with Crippen LogP contribution in [0.5, 0.6) is 0 Å². The Morgan fingerprint density at radius 1 is 1.12 bits per heavy atom. The Kier molecular flexibility index (Phi) is 6.99. The van der Waals surface area contributed by atoms with Gasteiger partial charge in [0.25, 0.3) is 0 Å². The Morgan fingerprint density at radius 2 is 1.91 bits per heavy atom. The van der Waals surface area contributed by atoms with Crippen LogP contribution in [0.3, 0.4) is 0 Å². The summed E-state index contributed by atoms with van der Waals surface area (Å²) in [5.41, 5.74) is 2.45. The molecule has 1 fully saturated rings. The van der Waals surface area contributed by atoms with Crippen LogP contribution in [0.2, 0.25) is 0 Å². The van der Waals surface area contributed by atoms with Crippen LogP contribution in [0.1, 0.15) is 29.7 Å². The molecule has 0 bridgehead atoms. The molecule has 4 rings (SSSR count). The fraction of sp³-hybridized carbons (Fsp3) is 0.500. The van der Waals surface area contributed by atoms with Crippen molar-refractivity contribution >= 4 is 17.3 Å². The summed E-state index contributed by atoms with van der Waals surface area (Å²) in [6, 6.07) is 2.50. The first kappa shape index (κ1) is 23.2. The fourth-order valence-electron chi connectivity index (χ4n) is 4.20. The third-order valence-corrected chi connectivity index (χ3v) is 6.09. The monoisotopic (exact) mass is 464 g/mol. The van der Waals surface area contributed by atoms with Crippen molar-refractivity contribution in [1.82, 2.24) is 25.0 Å². The molecular weight excluding hydrogens is 437 g/mol. The number of amides is 1. The maximum atomic E-state index is 12.7. The van der Waals surface area contributed by atoms with Crippen LogP contribution in [0.15, 0.2) is 30.6 Å². The largest absolute Gasteiger partial charge is 0.417 e. The normalized spacial score (nSPS) is 17.9. The van der Waals surface area contributed by atoms with Gasteiger partial charge >= 0.3 is 6.18 Å². The van der Waals surface area contributed by atoms with Crippen LogP contribution in [-0.4, -0.2) is 81.9 Å². The quantitative estimate of drug-likeness (QED) is 0.681. The van der Waals surface area contributed by atoms with E-state index in [0.29, 0.717) is 38.5 Å². The zero-order valence-corrected chi connectivity index (χ0v) is 18.2. The number of hydrogen-bond acceptors (Lipinski definition) is 6. The molecule has 0 aliphatic carbocycles. The molecule has 0 unspecified atom stereocenters. The number of aliphatic hydroxyl groups is 1. The molecule has 2 N–H and O–H groups in total. The lowest BCUT2D eigenvalue weighted by Crippen LogP contribution is -2.46. The van der Waals surface area contributed by atoms with E-state index in [1.165, 1.54) is 6.07 Å². The number of nitrogens with zero attached hydrogens (tertiary/aromatic N) is 5. The van der Waals surface area contributed by atoms with E-state index in [-0.39, 0.29) is 18.9 Å². The van der Waals surface area contributed by atoms with E-state index in [4.69, 9.17) is 5.11 Å². The smallest absolute Gasteiger partial charge is 0.396 e. The van der Waals surface area contributed by atoms with Crippen molar-refractivity contribution in [3.63, 3.8) is 0 Å². The minimum Gasteiger partial charge on any atom is -0.396 e. The number of hydrogen-bond donors (Lipinski definition) is 2. The van der Waals surface area contributed by atoms with E-state index < -0.39 is 11.7 Å². The average molecular weight is 464 g/mol. The van der Waals surface area contributed by atoms with E-state index in [1.807, 2.05) is 17.2 Å². The predicted molar refractivity (Wildman–Crippen MR) is 116 cm³/mol. The Morgan fingerprint density at radius 3 is 2.52 bits per heavy atom. The highest BCUT2D eigenvalue weighted by molar-refractivity contribution is 5.78. The number of H-pyrrole nitrogens is 1. The summed E-state index contributed by atoms with van der Waals surface area (Å²) < 4.78 is 38.2. The number of anilines is 1. The van der Waals surface area contributed by atoms with Gasteiger partial charge < -0.3 is 14.9 Å². The number of piperazine rings is 1. The van der Waals surface area contributed by atoms with E-state index in [1.54, 1.807) is 4.90 Å². The van der Waals surface area contributed by atoms with Gasteiger partial charge in [-0.2, -0.15) is 18.3 Å². The number of nitrogens with one attached hydrogen (secondary N) is 1. The van der Waals surface area contributed by atoms with Gasteiger partial charge in [-0.15, -0.1) is 0 Å². The van der Waals surface area contributed by atoms with Crippen molar-refractivity contribution in [3.05, 3.63) is 47.4 Å². The van der Waals surface area contributed by atoms with Gasteiger partial charge in [-0.3, -0.25) is 14.8 Å². The van der Waals surface area contributed by atoms with Crippen molar-refractivity contribution in [2.45, 2.75) is 25.6 Å². The van der Waals surface area contributed by atoms with Crippen molar-refractivity contribution in [3.8, 4) is 0 Å². The number of carbonyl (C=O) groups excluding carboxylic acids is 1. The molecule has 178 valence electrons. The van der Waals surface area contributed by atoms with E-state index >= 15 is 0 Å². The Balaban J connectivity index is 1.32. The summed E-state index contributed by atoms with van der Waals surface area (Å²) in [6.45, 7) is 4.58. The van der Waals surface area contributed by atoms with Crippen LogP contribution in [0, 0.1) is 0 Å². The number of rotatable bonds is 6.